The van der Waals surface area contributed by atoms with Crippen LogP contribution in [-0.4, -0.2) is 31.1 Å². The maximum absolute atomic E-state index is 10.6. The molecule has 0 spiro atoms. The molecule has 0 amide bonds. The number of carboxylic acid groups (broad SMARTS) is 1. The molecule has 0 aliphatic carbocycles. The quantitative estimate of drug-likeness (QED) is 0.737. The Balaban J connectivity index is 1.74. The van der Waals surface area contributed by atoms with Gasteiger partial charge in [-0.2, -0.15) is 0 Å². The molecule has 1 aromatic carbocycles. The number of fused-ring (bicyclic) bond motifs is 1. The van der Waals surface area contributed by atoms with Crippen molar-refractivity contribution in [1.82, 2.24) is 20.0 Å². The first-order valence-corrected chi connectivity index (χ1v) is 6.41. The lowest BCUT2D eigenvalue weighted by atomic mass is 10.1. The zero-order chi connectivity index (χ0) is 14.7. The topological polar surface area (TPSA) is 92.9 Å². The Morgan fingerprint density at radius 1 is 1.29 bits per heavy atom. The summed E-state index contributed by atoms with van der Waals surface area (Å²) in [6.07, 6.45) is 3.35. The predicted octanol–water partition coefficient (Wildman–Crippen LogP) is 1.52. The molecule has 0 aliphatic rings. The van der Waals surface area contributed by atoms with E-state index in [0.29, 0.717) is 12.2 Å². The van der Waals surface area contributed by atoms with Crippen LogP contribution in [0, 0.1) is 0 Å². The van der Waals surface area contributed by atoms with Crippen LogP contribution < -0.4 is 5.32 Å². The standard InChI is InChI=1S/C14H13N5O2/c20-13(21)9-19-8-11(17-18-19)7-16-14-12-4-2-1-3-10(12)5-6-15-14/h1-6,8H,7,9H2,(H,15,16)(H,20,21). The zero-order valence-electron chi connectivity index (χ0n) is 11.1. The maximum Gasteiger partial charge on any atom is 0.325 e. The summed E-state index contributed by atoms with van der Waals surface area (Å²) >= 11 is 0. The van der Waals surface area contributed by atoms with Gasteiger partial charge in [0, 0.05) is 11.6 Å². The molecule has 3 rings (SSSR count). The van der Waals surface area contributed by atoms with Crippen molar-refractivity contribution in [3.05, 3.63) is 48.4 Å². The number of benzene rings is 1. The molecule has 21 heavy (non-hydrogen) atoms. The molecule has 0 fully saturated rings. The number of rotatable bonds is 5. The molecule has 7 heteroatoms. The van der Waals surface area contributed by atoms with E-state index in [-0.39, 0.29) is 6.54 Å². The lowest BCUT2D eigenvalue weighted by Crippen LogP contribution is -2.09. The zero-order valence-corrected chi connectivity index (χ0v) is 11.1. The minimum absolute atomic E-state index is 0.195. The lowest BCUT2D eigenvalue weighted by molar-refractivity contribution is -0.137. The van der Waals surface area contributed by atoms with E-state index in [4.69, 9.17) is 5.11 Å². The minimum atomic E-state index is -0.949. The smallest absolute Gasteiger partial charge is 0.325 e. The van der Waals surface area contributed by atoms with Gasteiger partial charge < -0.3 is 10.4 Å². The van der Waals surface area contributed by atoms with Crippen LogP contribution in [0.1, 0.15) is 5.69 Å². The number of carboxylic acids is 1. The molecule has 7 nitrogen and oxygen atoms in total. The van der Waals surface area contributed by atoms with Gasteiger partial charge in [-0.3, -0.25) is 4.79 Å². The first-order chi connectivity index (χ1) is 10.2. The van der Waals surface area contributed by atoms with Gasteiger partial charge in [0.25, 0.3) is 0 Å². The van der Waals surface area contributed by atoms with Crippen molar-refractivity contribution in [2.45, 2.75) is 13.1 Å². The Hall–Kier alpha value is -2.96. The highest BCUT2D eigenvalue weighted by molar-refractivity contribution is 5.91. The first-order valence-electron chi connectivity index (χ1n) is 6.41. The Labute approximate surface area is 120 Å². The first kappa shape index (κ1) is 13.0. The second-order valence-corrected chi connectivity index (χ2v) is 4.54. The van der Waals surface area contributed by atoms with Crippen LogP contribution in [0.4, 0.5) is 5.82 Å². The van der Waals surface area contributed by atoms with E-state index in [1.807, 2.05) is 30.3 Å². The number of anilines is 1. The average Bonchev–Trinajstić information content (AvgIpc) is 2.92. The minimum Gasteiger partial charge on any atom is -0.480 e. The molecule has 2 N–H and O–H groups in total. The van der Waals surface area contributed by atoms with Crippen molar-refractivity contribution < 1.29 is 9.90 Å². The van der Waals surface area contributed by atoms with Gasteiger partial charge in [0.1, 0.15) is 18.1 Å². The third-order valence-corrected chi connectivity index (χ3v) is 2.99. The van der Waals surface area contributed by atoms with Crippen LogP contribution in [0.25, 0.3) is 10.8 Å². The van der Waals surface area contributed by atoms with Crippen molar-refractivity contribution in [1.29, 1.82) is 0 Å². The highest BCUT2D eigenvalue weighted by Crippen LogP contribution is 2.20. The molecule has 3 aromatic rings. The van der Waals surface area contributed by atoms with Gasteiger partial charge in [-0.25, -0.2) is 9.67 Å². The Bertz CT molecular complexity index is 778. The van der Waals surface area contributed by atoms with Crippen molar-refractivity contribution in [2.24, 2.45) is 0 Å². The van der Waals surface area contributed by atoms with E-state index in [9.17, 15) is 4.79 Å². The fraction of sp³-hybridized carbons (Fsp3) is 0.143. The second kappa shape index (κ2) is 5.58. The van der Waals surface area contributed by atoms with E-state index in [0.717, 1.165) is 16.6 Å². The summed E-state index contributed by atoms with van der Waals surface area (Å²) in [6, 6.07) is 9.89. The lowest BCUT2D eigenvalue weighted by Gasteiger charge is -2.06. The van der Waals surface area contributed by atoms with Crippen LogP contribution in [0.2, 0.25) is 0 Å². The summed E-state index contributed by atoms with van der Waals surface area (Å²) in [6.45, 7) is 0.236. The summed E-state index contributed by atoms with van der Waals surface area (Å²) in [5.74, 6) is -0.184. The average molecular weight is 283 g/mol. The van der Waals surface area contributed by atoms with Gasteiger partial charge in [0.15, 0.2) is 0 Å². The van der Waals surface area contributed by atoms with Crippen LogP contribution in [0.3, 0.4) is 0 Å². The molecular weight excluding hydrogens is 270 g/mol. The van der Waals surface area contributed by atoms with Gasteiger partial charge in [-0.15, -0.1) is 5.10 Å². The van der Waals surface area contributed by atoms with Crippen molar-refractivity contribution >= 4 is 22.6 Å². The molecule has 2 heterocycles. The van der Waals surface area contributed by atoms with Crippen molar-refractivity contribution in [3.63, 3.8) is 0 Å². The number of hydrogen-bond acceptors (Lipinski definition) is 5. The van der Waals surface area contributed by atoms with Gasteiger partial charge in [-0.1, -0.05) is 29.5 Å². The summed E-state index contributed by atoms with van der Waals surface area (Å²) in [4.78, 5) is 14.9. The monoisotopic (exact) mass is 283 g/mol. The van der Waals surface area contributed by atoms with E-state index in [2.05, 4.69) is 20.6 Å². The normalized spacial score (nSPS) is 10.7. The maximum atomic E-state index is 10.6. The summed E-state index contributed by atoms with van der Waals surface area (Å²) < 4.78 is 1.29. The van der Waals surface area contributed by atoms with E-state index < -0.39 is 5.97 Å². The number of hydrogen-bond donors (Lipinski definition) is 2. The van der Waals surface area contributed by atoms with E-state index in [1.54, 1.807) is 12.4 Å². The third kappa shape index (κ3) is 2.97. The molecule has 0 saturated heterocycles. The number of nitrogens with one attached hydrogen (secondary N) is 1. The number of pyridine rings is 1. The molecule has 0 atom stereocenters. The number of nitrogens with zero attached hydrogens (tertiary/aromatic N) is 4. The van der Waals surface area contributed by atoms with Gasteiger partial charge >= 0.3 is 5.97 Å². The van der Waals surface area contributed by atoms with E-state index >= 15 is 0 Å². The molecule has 0 saturated carbocycles. The fourth-order valence-electron chi connectivity index (χ4n) is 2.07. The summed E-state index contributed by atoms with van der Waals surface area (Å²) in [7, 11) is 0. The van der Waals surface area contributed by atoms with Gasteiger partial charge in [0.05, 0.1) is 12.7 Å². The van der Waals surface area contributed by atoms with Gasteiger partial charge in [0.2, 0.25) is 0 Å². The second-order valence-electron chi connectivity index (χ2n) is 4.54. The third-order valence-electron chi connectivity index (χ3n) is 2.99. The van der Waals surface area contributed by atoms with Crippen LogP contribution in [0.5, 0.6) is 0 Å². The van der Waals surface area contributed by atoms with Crippen LogP contribution >= 0.6 is 0 Å². The Kier molecular flexibility index (Phi) is 3.46. The summed E-state index contributed by atoms with van der Waals surface area (Å²) in [5.41, 5.74) is 0.658. The molecule has 0 unspecified atom stereocenters. The van der Waals surface area contributed by atoms with Crippen molar-refractivity contribution in [3.8, 4) is 0 Å². The number of carbonyl (C=O) groups is 1. The summed E-state index contributed by atoms with van der Waals surface area (Å²) in [5, 5.41) is 21.7. The van der Waals surface area contributed by atoms with Gasteiger partial charge in [-0.05, 0) is 11.5 Å². The molecular formula is C14H13N5O2. The van der Waals surface area contributed by atoms with Crippen LogP contribution in [-0.2, 0) is 17.9 Å². The molecule has 0 aliphatic heterocycles. The molecule has 0 bridgehead atoms. The Morgan fingerprint density at radius 2 is 2.14 bits per heavy atom. The molecule has 0 radical (unpaired) electrons. The Morgan fingerprint density at radius 3 is 3.00 bits per heavy atom. The fourth-order valence-corrected chi connectivity index (χ4v) is 2.07. The van der Waals surface area contributed by atoms with Crippen molar-refractivity contribution in [2.75, 3.05) is 5.32 Å². The highest BCUT2D eigenvalue weighted by atomic mass is 16.4. The van der Waals surface area contributed by atoms with Crippen LogP contribution in [0.15, 0.2) is 42.7 Å². The molecule has 2 aromatic heterocycles. The molecule has 106 valence electrons. The predicted molar refractivity (Wildman–Crippen MR) is 76.7 cm³/mol. The number of aliphatic carboxylic acids is 1. The van der Waals surface area contributed by atoms with E-state index in [1.165, 1.54) is 4.68 Å². The number of aromatic nitrogens is 4. The SMILES string of the molecule is O=C(O)Cn1cc(CNc2nccc3ccccc23)nn1. The largest absolute Gasteiger partial charge is 0.480 e. The highest BCUT2D eigenvalue weighted by Gasteiger charge is 2.06.